The van der Waals surface area contributed by atoms with Crippen LogP contribution in [0.5, 0.6) is 0 Å². The van der Waals surface area contributed by atoms with Crippen LogP contribution in [0.2, 0.25) is 10.0 Å². The summed E-state index contributed by atoms with van der Waals surface area (Å²) in [6.45, 7) is 0. The van der Waals surface area contributed by atoms with Gasteiger partial charge in [0.25, 0.3) is 0 Å². The van der Waals surface area contributed by atoms with Gasteiger partial charge in [-0.3, -0.25) is 9.59 Å². The molecule has 0 aliphatic heterocycles. The Labute approximate surface area is 263 Å². The van der Waals surface area contributed by atoms with Crippen LogP contribution in [-0.2, 0) is 9.47 Å². The normalized spacial score (nSPS) is 12.0. The summed E-state index contributed by atoms with van der Waals surface area (Å²) in [6, 6.07) is 35.4. The van der Waals surface area contributed by atoms with Gasteiger partial charge in [0, 0.05) is 32.3 Å². The Morgan fingerprint density at radius 2 is 0.773 bits per heavy atom. The van der Waals surface area contributed by atoms with Gasteiger partial charge in [0.2, 0.25) is 11.6 Å². The number of rotatable bonds is 10. The Balaban J connectivity index is 1.40. The Morgan fingerprint density at radius 1 is 0.432 bits per heavy atom. The van der Waals surface area contributed by atoms with Crippen LogP contribution in [0.1, 0.15) is 64.8 Å². The molecule has 0 unspecified atom stereocenters. The van der Waals surface area contributed by atoms with E-state index in [0.717, 1.165) is 0 Å². The van der Waals surface area contributed by atoms with E-state index in [1.54, 1.807) is 109 Å². The summed E-state index contributed by atoms with van der Waals surface area (Å²) in [5.74, 6) is -2.53. The Hall–Kier alpha value is -5.04. The molecule has 0 saturated carbocycles. The van der Waals surface area contributed by atoms with Crippen molar-refractivity contribution in [3.05, 3.63) is 177 Å². The fourth-order valence-corrected chi connectivity index (χ4v) is 4.70. The number of halogens is 2. The molecule has 8 heteroatoms. The van der Waals surface area contributed by atoms with E-state index in [0.29, 0.717) is 32.3 Å². The van der Waals surface area contributed by atoms with E-state index in [-0.39, 0.29) is 11.1 Å². The third-order valence-electron chi connectivity index (χ3n) is 6.72. The third kappa shape index (κ3) is 7.29. The second kappa shape index (κ2) is 14.0. The van der Waals surface area contributed by atoms with E-state index in [1.165, 1.54) is 24.3 Å². The molecule has 0 aliphatic carbocycles. The maximum atomic E-state index is 13.4. The lowest BCUT2D eigenvalue weighted by molar-refractivity contribution is 0.0273. The number of carbonyl (C=O) groups excluding carboxylic acids is 4. The number of hydrogen-bond donors (Lipinski definition) is 0. The average Bonchev–Trinajstić information content (AvgIpc) is 3.07. The van der Waals surface area contributed by atoms with E-state index in [2.05, 4.69) is 0 Å². The van der Waals surface area contributed by atoms with Crippen molar-refractivity contribution >= 4 is 46.7 Å². The van der Waals surface area contributed by atoms with Crippen molar-refractivity contribution in [3.8, 4) is 0 Å². The summed E-state index contributed by atoms with van der Waals surface area (Å²) in [5, 5.41) is 0.916. The van der Waals surface area contributed by atoms with Crippen LogP contribution in [0.25, 0.3) is 0 Å². The van der Waals surface area contributed by atoms with Crippen molar-refractivity contribution in [2.75, 3.05) is 0 Å². The summed E-state index contributed by atoms with van der Waals surface area (Å²) in [6.07, 6.45) is -2.54. The van der Waals surface area contributed by atoms with Crippen LogP contribution in [-0.4, -0.2) is 23.5 Å². The first-order valence-electron chi connectivity index (χ1n) is 13.5. The molecule has 0 N–H and O–H groups in total. The van der Waals surface area contributed by atoms with E-state index < -0.39 is 35.7 Å². The highest BCUT2D eigenvalue weighted by Gasteiger charge is 2.29. The first kappa shape index (κ1) is 30.4. The van der Waals surface area contributed by atoms with Gasteiger partial charge in [0.05, 0.1) is 11.1 Å². The molecule has 2 atom stereocenters. The predicted octanol–water partition coefficient (Wildman–Crippen LogP) is 8.56. The van der Waals surface area contributed by atoms with Crippen LogP contribution in [0.4, 0.5) is 0 Å². The molecule has 0 bridgehead atoms. The molecule has 44 heavy (non-hydrogen) atoms. The Bertz CT molecular complexity index is 1660. The molecule has 5 aromatic rings. The highest BCUT2D eigenvalue weighted by molar-refractivity contribution is 6.30. The van der Waals surface area contributed by atoms with Crippen LogP contribution in [0.15, 0.2) is 133 Å². The summed E-state index contributed by atoms with van der Waals surface area (Å²) < 4.78 is 11.4. The maximum Gasteiger partial charge on any atom is 0.339 e. The number of benzene rings is 5. The highest BCUT2D eigenvalue weighted by atomic mass is 35.5. The second-order valence-corrected chi connectivity index (χ2v) is 10.6. The monoisotopic (exact) mass is 622 g/mol. The van der Waals surface area contributed by atoms with Crippen molar-refractivity contribution in [1.82, 2.24) is 0 Å². The molecule has 0 aromatic heterocycles. The van der Waals surface area contributed by atoms with Gasteiger partial charge in [-0.2, -0.15) is 0 Å². The second-order valence-electron chi connectivity index (χ2n) is 9.72. The van der Waals surface area contributed by atoms with E-state index in [4.69, 9.17) is 32.7 Å². The van der Waals surface area contributed by atoms with Crippen molar-refractivity contribution in [1.29, 1.82) is 0 Å². The molecule has 218 valence electrons. The Morgan fingerprint density at radius 3 is 1.14 bits per heavy atom. The molecule has 0 radical (unpaired) electrons. The zero-order chi connectivity index (χ0) is 31.1. The molecular weight excluding hydrogens is 599 g/mol. The van der Waals surface area contributed by atoms with Crippen LogP contribution in [0, 0.1) is 0 Å². The smallest absolute Gasteiger partial charge is 0.339 e. The highest BCUT2D eigenvalue weighted by Crippen LogP contribution is 2.28. The van der Waals surface area contributed by atoms with Gasteiger partial charge in [-0.15, -0.1) is 0 Å². The summed E-state index contributed by atoms with van der Waals surface area (Å²) in [5.41, 5.74) is 1.59. The molecule has 5 rings (SSSR count). The van der Waals surface area contributed by atoms with Crippen molar-refractivity contribution in [2.45, 2.75) is 12.2 Å². The zero-order valence-electron chi connectivity index (χ0n) is 23.1. The predicted molar refractivity (Wildman–Crippen MR) is 167 cm³/mol. The third-order valence-corrected chi connectivity index (χ3v) is 7.23. The van der Waals surface area contributed by atoms with Gasteiger partial charge in [-0.25, -0.2) is 9.59 Å². The van der Waals surface area contributed by atoms with Gasteiger partial charge in [0.15, 0.2) is 12.2 Å². The first-order valence-corrected chi connectivity index (χ1v) is 14.3. The molecule has 6 nitrogen and oxygen atoms in total. The summed E-state index contributed by atoms with van der Waals surface area (Å²) in [7, 11) is 0. The van der Waals surface area contributed by atoms with Gasteiger partial charge < -0.3 is 9.47 Å². The van der Waals surface area contributed by atoms with Gasteiger partial charge >= 0.3 is 11.9 Å². The number of carbonyl (C=O) groups is 4. The number of ether oxygens (including phenoxy) is 2. The minimum absolute atomic E-state index is 0.0108. The average molecular weight is 623 g/mol. The topological polar surface area (TPSA) is 86.7 Å². The van der Waals surface area contributed by atoms with Crippen LogP contribution >= 0.6 is 23.2 Å². The number of hydrogen-bond acceptors (Lipinski definition) is 6. The number of ketones is 2. The lowest BCUT2D eigenvalue weighted by Gasteiger charge is -2.19. The molecule has 0 fully saturated rings. The van der Waals surface area contributed by atoms with Gasteiger partial charge in [0.1, 0.15) is 0 Å². The molecule has 0 heterocycles. The molecule has 0 aliphatic rings. The quantitative estimate of drug-likeness (QED) is 0.114. The minimum atomic E-state index is -1.27. The number of Topliss-reactive ketones (excluding diaryl/α,β-unsaturated/α-hetero) is 2. The van der Waals surface area contributed by atoms with E-state index in [1.807, 2.05) is 0 Å². The summed E-state index contributed by atoms with van der Waals surface area (Å²) in [4.78, 5) is 53.5. The molecule has 0 spiro atoms. The van der Waals surface area contributed by atoms with Gasteiger partial charge in [-0.1, -0.05) is 114 Å². The minimum Gasteiger partial charge on any atom is -0.445 e. The van der Waals surface area contributed by atoms with Crippen molar-refractivity contribution in [3.63, 3.8) is 0 Å². The molecular formula is C36H24Cl2O6. The standard InChI is InChI=1S/C36H24Cl2O6/c37-29-18-14-25(15-19-29)33(31(39)23-8-3-1-4-9-23)43-35(41)27-12-7-13-28(22-27)36(42)44-34(26-16-20-30(38)21-17-26)32(40)24-10-5-2-6-11-24/h1-22,33-34H/t33-,34-/m1/s1. The largest absolute Gasteiger partial charge is 0.445 e. The zero-order valence-corrected chi connectivity index (χ0v) is 24.6. The molecule has 0 amide bonds. The lowest BCUT2D eigenvalue weighted by atomic mass is 9.99. The van der Waals surface area contributed by atoms with E-state index >= 15 is 0 Å². The van der Waals surface area contributed by atoms with Crippen molar-refractivity contribution in [2.24, 2.45) is 0 Å². The molecule has 0 saturated heterocycles. The Kier molecular flexibility index (Phi) is 9.65. The van der Waals surface area contributed by atoms with Crippen LogP contribution in [0.3, 0.4) is 0 Å². The summed E-state index contributed by atoms with van der Waals surface area (Å²) >= 11 is 12.1. The van der Waals surface area contributed by atoms with Crippen molar-refractivity contribution < 1.29 is 28.7 Å². The maximum absolute atomic E-state index is 13.4. The molecule has 5 aromatic carbocycles. The van der Waals surface area contributed by atoms with E-state index in [9.17, 15) is 19.2 Å². The SMILES string of the molecule is O=C(O[C@@H](C(=O)c1ccccc1)c1ccc(Cl)cc1)c1cccc(C(=O)O[C@@H](C(=O)c2ccccc2)c2ccc(Cl)cc2)c1. The number of esters is 2. The first-order chi connectivity index (χ1) is 21.3. The fraction of sp³-hybridized carbons (Fsp3) is 0.0556. The lowest BCUT2D eigenvalue weighted by Crippen LogP contribution is -2.21. The van der Waals surface area contributed by atoms with Crippen LogP contribution < -0.4 is 0 Å². The van der Waals surface area contributed by atoms with Gasteiger partial charge in [-0.05, 0) is 42.5 Å². The fourth-order valence-electron chi connectivity index (χ4n) is 4.45.